The fraction of sp³-hybridized carbons (Fsp3) is 1.00. The zero-order chi connectivity index (χ0) is 10.2. The van der Waals surface area contributed by atoms with Crippen molar-refractivity contribution < 1.29 is 18.9 Å². The second kappa shape index (κ2) is 7.17. The minimum atomic E-state index is -0.231. The third-order valence-corrected chi connectivity index (χ3v) is 2.06. The van der Waals surface area contributed by atoms with Gasteiger partial charge in [-0.3, -0.25) is 0 Å². The topological polar surface area (TPSA) is 36.9 Å². The molecule has 0 spiro atoms. The average molecular weight is 204 g/mol. The Balaban J connectivity index is 2.10. The van der Waals surface area contributed by atoms with Crippen LogP contribution in [0.4, 0.5) is 0 Å². The lowest BCUT2D eigenvalue weighted by molar-refractivity contribution is -0.175. The van der Waals surface area contributed by atoms with Gasteiger partial charge in [0, 0.05) is 19.8 Å². The van der Waals surface area contributed by atoms with E-state index in [0.717, 1.165) is 13.0 Å². The van der Waals surface area contributed by atoms with Gasteiger partial charge in [0.2, 0.25) is 0 Å². The van der Waals surface area contributed by atoms with Crippen molar-refractivity contribution in [1.82, 2.24) is 0 Å². The average Bonchev–Trinajstić information content (AvgIpc) is 2.67. The minimum absolute atomic E-state index is 0.221. The van der Waals surface area contributed by atoms with Crippen molar-refractivity contribution >= 4 is 0 Å². The van der Waals surface area contributed by atoms with E-state index in [2.05, 4.69) is 0 Å². The van der Waals surface area contributed by atoms with Crippen LogP contribution >= 0.6 is 0 Å². The van der Waals surface area contributed by atoms with E-state index in [-0.39, 0.29) is 12.4 Å². The summed E-state index contributed by atoms with van der Waals surface area (Å²) < 4.78 is 21.5. The maximum absolute atomic E-state index is 5.60. The summed E-state index contributed by atoms with van der Waals surface area (Å²) in [6.45, 7) is 7.19. The monoisotopic (exact) mass is 204 g/mol. The third-order valence-electron chi connectivity index (χ3n) is 2.06. The Morgan fingerprint density at radius 1 is 1.29 bits per heavy atom. The lowest BCUT2D eigenvalue weighted by Gasteiger charge is -2.18. The van der Waals surface area contributed by atoms with Crippen LogP contribution in [0.3, 0.4) is 0 Å². The maximum Gasteiger partial charge on any atom is 0.180 e. The summed E-state index contributed by atoms with van der Waals surface area (Å²) in [4.78, 5) is 0. The molecule has 1 aliphatic rings. The Bertz CT molecular complexity index is 128. The van der Waals surface area contributed by atoms with Gasteiger partial charge in [-0.05, 0) is 20.3 Å². The van der Waals surface area contributed by atoms with E-state index in [1.807, 2.05) is 13.8 Å². The smallest absolute Gasteiger partial charge is 0.180 e. The zero-order valence-corrected chi connectivity index (χ0v) is 9.03. The Labute approximate surface area is 85.5 Å². The first-order valence-electron chi connectivity index (χ1n) is 5.29. The molecule has 0 aromatic carbocycles. The maximum atomic E-state index is 5.60. The first-order valence-corrected chi connectivity index (χ1v) is 5.29. The lowest BCUT2D eigenvalue weighted by atomic mass is 10.3. The fourth-order valence-electron chi connectivity index (χ4n) is 1.38. The lowest BCUT2D eigenvalue weighted by Crippen LogP contribution is -2.27. The molecule has 0 aromatic rings. The molecule has 1 fully saturated rings. The van der Waals surface area contributed by atoms with Crippen molar-refractivity contribution in [2.24, 2.45) is 0 Å². The van der Waals surface area contributed by atoms with Crippen molar-refractivity contribution in [2.75, 3.05) is 33.0 Å². The summed E-state index contributed by atoms with van der Waals surface area (Å²) in [5.41, 5.74) is 0. The molecule has 0 aromatic heterocycles. The number of hydrogen-bond donors (Lipinski definition) is 0. The molecule has 1 heterocycles. The SMILES string of the molecule is CCOC(COC1CCOC1)OCC. The van der Waals surface area contributed by atoms with Gasteiger partial charge in [0.1, 0.15) is 0 Å². The van der Waals surface area contributed by atoms with Crippen molar-refractivity contribution in [2.45, 2.75) is 32.7 Å². The molecule has 0 N–H and O–H groups in total. The van der Waals surface area contributed by atoms with Crippen LogP contribution in [-0.4, -0.2) is 45.4 Å². The van der Waals surface area contributed by atoms with Gasteiger partial charge in [0.15, 0.2) is 6.29 Å². The fourth-order valence-corrected chi connectivity index (χ4v) is 1.38. The highest BCUT2D eigenvalue weighted by Crippen LogP contribution is 2.09. The van der Waals surface area contributed by atoms with E-state index in [9.17, 15) is 0 Å². The molecule has 0 amide bonds. The molecule has 0 bridgehead atoms. The first kappa shape index (κ1) is 11.9. The second-order valence-corrected chi connectivity index (χ2v) is 3.16. The highest BCUT2D eigenvalue weighted by molar-refractivity contribution is 4.63. The Morgan fingerprint density at radius 3 is 2.50 bits per heavy atom. The standard InChI is InChI=1S/C10H20O4/c1-3-12-10(13-4-2)8-14-9-5-6-11-7-9/h9-10H,3-8H2,1-2H3. The largest absolute Gasteiger partial charge is 0.379 e. The van der Waals surface area contributed by atoms with Crippen LogP contribution in [0.25, 0.3) is 0 Å². The minimum Gasteiger partial charge on any atom is -0.379 e. The van der Waals surface area contributed by atoms with E-state index in [1.165, 1.54) is 0 Å². The first-order chi connectivity index (χ1) is 6.86. The van der Waals surface area contributed by atoms with Gasteiger partial charge < -0.3 is 18.9 Å². The van der Waals surface area contributed by atoms with Crippen LogP contribution in [0, 0.1) is 0 Å². The molecule has 0 aliphatic carbocycles. The number of hydrogen-bond acceptors (Lipinski definition) is 4. The zero-order valence-electron chi connectivity index (χ0n) is 9.03. The van der Waals surface area contributed by atoms with Gasteiger partial charge in [-0.2, -0.15) is 0 Å². The second-order valence-electron chi connectivity index (χ2n) is 3.16. The van der Waals surface area contributed by atoms with Crippen molar-refractivity contribution in [1.29, 1.82) is 0 Å². The molecule has 14 heavy (non-hydrogen) atoms. The van der Waals surface area contributed by atoms with Gasteiger partial charge in [0.05, 0.1) is 19.3 Å². The van der Waals surface area contributed by atoms with Crippen molar-refractivity contribution in [3.05, 3.63) is 0 Å². The van der Waals surface area contributed by atoms with Gasteiger partial charge in [-0.25, -0.2) is 0 Å². The molecule has 1 unspecified atom stereocenters. The predicted molar refractivity (Wildman–Crippen MR) is 52.2 cm³/mol. The molecule has 84 valence electrons. The van der Waals surface area contributed by atoms with Crippen LogP contribution in [0.5, 0.6) is 0 Å². The number of ether oxygens (including phenoxy) is 4. The van der Waals surface area contributed by atoms with Gasteiger partial charge >= 0.3 is 0 Å². The molecule has 1 aliphatic heterocycles. The number of rotatable bonds is 7. The van der Waals surface area contributed by atoms with Crippen LogP contribution in [0.2, 0.25) is 0 Å². The summed E-state index contributed by atoms with van der Waals surface area (Å²) >= 11 is 0. The molecule has 4 heteroatoms. The molecule has 0 saturated carbocycles. The van der Waals surface area contributed by atoms with E-state index < -0.39 is 0 Å². The van der Waals surface area contributed by atoms with E-state index in [1.54, 1.807) is 0 Å². The van der Waals surface area contributed by atoms with Crippen LogP contribution in [0.15, 0.2) is 0 Å². The molecule has 1 rings (SSSR count). The molecule has 1 atom stereocenters. The summed E-state index contributed by atoms with van der Waals surface area (Å²) in [6.07, 6.45) is 0.967. The van der Waals surface area contributed by atoms with Gasteiger partial charge in [-0.1, -0.05) is 0 Å². The highest BCUT2D eigenvalue weighted by atomic mass is 16.7. The highest BCUT2D eigenvalue weighted by Gasteiger charge is 2.18. The third kappa shape index (κ3) is 4.37. The Hall–Kier alpha value is -0.160. The molecule has 4 nitrogen and oxygen atoms in total. The van der Waals surface area contributed by atoms with Crippen LogP contribution in [0.1, 0.15) is 20.3 Å². The van der Waals surface area contributed by atoms with E-state index in [4.69, 9.17) is 18.9 Å². The van der Waals surface area contributed by atoms with Crippen LogP contribution in [-0.2, 0) is 18.9 Å². The summed E-state index contributed by atoms with van der Waals surface area (Å²) in [6, 6.07) is 0. The van der Waals surface area contributed by atoms with Crippen LogP contribution < -0.4 is 0 Å². The predicted octanol–water partition coefficient (Wildman–Crippen LogP) is 1.19. The summed E-state index contributed by atoms with van der Waals surface area (Å²) in [5.74, 6) is 0. The van der Waals surface area contributed by atoms with E-state index in [0.29, 0.717) is 26.4 Å². The van der Waals surface area contributed by atoms with Crippen molar-refractivity contribution in [3.8, 4) is 0 Å². The normalized spacial score (nSPS) is 22.1. The van der Waals surface area contributed by atoms with Gasteiger partial charge in [-0.15, -0.1) is 0 Å². The summed E-state index contributed by atoms with van der Waals surface area (Å²) in [7, 11) is 0. The molecule has 0 radical (unpaired) electrons. The molecular formula is C10H20O4. The quantitative estimate of drug-likeness (QED) is 0.584. The Kier molecular flexibility index (Phi) is 6.10. The van der Waals surface area contributed by atoms with Gasteiger partial charge in [0.25, 0.3) is 0 Å². The Morgan fingerprint density at radius 2 is 2.00 bits per heavy atom. The summed E-state index contributed by atoms with van der Waals surface area (Å²) in [5, 5.41) is 0. The molecular weight excluding hydrogens is 184 g/mol. The molecule has 1 saturated heterocycles. The van der Waals surface area contributed by atoms with Crippen molar-refractivity contribution in [3.63, 3.8) is 0 Å². The van der Waals surface area contributed by atoms with E-state index >= 15 is 0 Å².